The number of ether oxygens (including phenoxy) is 1. The van der Waals surface area contributed by atoms with Crippen molar-refractivity contribution >= 4 is 12.0 Å². The van der Waals surface area contributed by atoms with Gasteiger partial charge in [0.15, 0.2) is 0 Å². The highest BCUT2D eigenvalue weighted by Gasteiger charge is 2.07. The lowest BCUT2D eigenvalue weighted by molar-refractivity contribution is -0.136. The molecule has 5 nitrogen and oxygen atoms in total. The number of phenolic OH excluding ortho intramolecular Hbond substituents is 3. The number of aromatic hydroxyl groups is 3. The summed E-state index contributed by atoms with van der Waals surface area (Å²) in [6.45, 7) is 6.25. The van der Waals surface area contributed by atoms with E-state index in [1.807, 2.05) is 13.0 Å². The van der Waals surface area contributed by atoms with Crippen molar-refractivity contribution in [3.63, 3.8) is 0 Å². The van der Waals surface area contributed by atoms with Crippen LogP contribution in [-0.2, 0) is 9.53 Å². The summed E-state index contributed by atoms with van der Waals surface area (Å²) in [5, 5.41) is 28.4. The maximum atomic E-state index is 11.6. The molecule has 0 unspecified atom stereocenters. The van der Waals surface area contributed by atoms with E-state index < -0.39 is 5.97 Å². The van der Waals surface area contributed by atoms with E-state index in [1.54, 1.807) is 0 Å². The van der Waals surface area contributed by atoms with Gasteiger partial charge in [0.1, 0.15) is 23.9 Å². The molecule has 5 heteroatoms. The van der Waals surface area contributed by atoms with Crippen LogP contribution in [0.2, 0.25) is 0 Å². The van der Waals surface area contributed by atoms with Crippen LogP contribution in [0.4, 0.5) is 0 Å². The summed E-state index contributed by atoms with van der Waals surface area (Å²) in [6, 6.07) is 2.15. The van der Waals surface area contributed by atoms with E-state index in [-0.39, 0.29) is 29.4 Å². The SMILES string of the molecule is CC(C)=CCC/C(C)=C/COC(=O)/C=C/c1c(O)cc(O)cc1O. The van der Waals surface area contributed by atoms with E-state index in [1.165, 1.54) is 11.6 Å². The highest BCUT2D eigenvalue weighted by atomic mass is 16.5. The molecule has 1 aromatic rings. The zero-order valence-electron chi connectivity index (χ0n) is 14.2. The van der Waals surface area contributed by atoms with Gasteiger partial charge in [-0.1, -0.05) is 17.2 Å². The second-order valence-electron chi connectivity index (χ2n) is 5.73. The standard InChI is InChI=1S/C19H24O5/c1-13(2)5-4-6-14(3)9-10-24-19(23)8-7-16-17(21)11-15(20)12-18(16)22/h5,7-9,11-12,20-22H,4,6,10H2,1-3H3/b8-7+,14-9+. The third kappa shape index (κ3) is 7.05. The van der Waals surface area contributed by atoms with Gasteiger partial charge in [-0.2, -0.15) is 0 Å². The largest absolute Gasteiger partial charge is 0.508 e. The van der Waals surface area contributed by atoms with Crippen molar-refractivity contribution in [2.75, 3.05) is 6.61 Å². The third-order valence-electron chi connectivity index (χ3n) is 3.26. The lowest BCUT2D eigenvalue weighted by Gasteiger charge is -2.04. The molecule has 3 N–H and O–H groups in total. The van der Waals surface area contributed by atoms with Gasteiger partial charge in [0.25, 0.3) is 0 Å². The summed E-state index contributed by atoms with van der Waals surface area (Å²) in [7, 11) is 0. The van der Waals surface area contributed by atoms with Crippen molar-refractivity contribution in [2.45, 2.75) is 33.6 Å². The lowest BCUT2D eigenvalue weighted by Crippen LogP contribution is -2.00. The van der Waals surface area contributed by atoms with E-state index >= 15 is 0 Å². The summed E-state index contributed by atoms with van der Waals surface area (Å²) in [5.74, 6) is -1.51. The first-order chi connectivity index (χ1) is 11.3. The van der Waals surface area contributed by atoms with Crippen LogP contribution >= 0.6 is 0 Å². The predicted octanol–water partition coefficient (Wildman–Crippen LogP) is 4.05. The second kappa shape index (κ2) is 9.45. The monoisotopic (exact) mass is 332 g/mol. The van der Waals surface area contributed by atoms with Gasteiger partial charge in [0, 0.05) is 18.2 Å². The number of allylic oxidation sites excluding steroid dienone is 3. The zero-order valence-corrected chi connectivity index (χ0v) is 14.2. The molecule has 0 aliphatic rings. The minimum absolute atomic E-state index is 0.0400. The van der Waals surface area contributed by atoms with Gasteiger partial charge >= 0.3 is 5.97 Å². The third-order valence-corrected chi connectivity index (χ3v) is 3.26. The van der Waals surface area contributed by atoms with Crippen LogP contribution in [-0.4, -0.2) is 27.9 Å². The maximum absolute atomic E-state index is 11.6. The predicted molar refractivity (Wildman–Crippen MR) is 93.9 cm³/mol. The van der Waals surface area contributed by atoms with Crippen molar-refractivity contribution in [3.05, 3.63) is 47.1 Å². The van der Waals surface area contributed by atoms with Crippen LogP contribution in [0.5, 0.6) is 17.2 Å². The van der Waals surface area contributed by atoms with E-state index in [2.05, 4.69) is 19.9 Å². The average molecular weight is 332 g/mol. The molecule has 0 saturated heterocycles. The Bertz CT molecular complexity index is 641. The molecule has 0 radical (unpaired) electrons. The molecule has 0 aromatic heterocycles. The fourth-order valence-corrected chi connectivity index (χ4v) is 1.94. The van der Waals surface area contributed by atoms with Gasteiger partial charge in [0.05, 0.1) is 5.56 Å². The van der Waals surface area contributed by atoms with Gasteiger partial charge in [-0.05, 0) is 45.8 Å². The highest BCUT2D eigenvalue weighted by molar-refractivity contribution is 5.88. The molecular formula is C19H24O5. The number of phenols is 3. The Morgan fingerprint density at radius 1 is 1.08 bits per heavy atom. The average Bonchev–Trinajstić information content (AvgIpc) is 2.45. The smallest absolute Gasteiger partial charge is 0.331 e. The summed E-state index contributed by atoms with van der Waals surface area (Å²) in [4.78, 5) is 11.6. The molecule has 0 bridgehead atoms. The maximum Gasteiger partial charge on any atom is 0.331 e. The molecule has 130 valence electrons. The van der Waals surface area contributed by atoms with Crippen LogP contribution < -0.4 is 0 Å². The fourth-order valence-electron chi connectivity index (χ4n) is 1.94. The van der Waals surface area contributed by atoms with E-state index in [4.69, 9.17) is 4.74 Å². The van der Waals surface area contributed by atoms with Gasteiger partial charge in [0.2, 0.25) is 0 Å². The number of carbonyl (C=O) groups is 1. The number of esters is 1. The summed E-state index contributed by atoms with van der Waals surface area (Å²) in [6.07, 6.45) is 8.21. The normalized spacial score (nSPS) is 11.5. The fraction of sp³-hybridized carbons (Fsp3) is 0.316. The summed E-state index contributed by atoms with van der Waals surface area (Å²) in [5.41, 5.74) is 2.45. The van der Waals surface area contributed by atoms with Crippen LogP contribution in [0.1, 0.15) is 39.2 Å². The molecule has 0 atom stereocenters. The first kappa shape index (κ1) is 19.4. The molecular weight excluding hydrogens is 308 g/mol. The van der Waals surface area contributed by atoms with E-state index in [0.717, 1.165) is 36.6 Å². The van der Waals surface area contributed by atoms with Crippen molar-refractivity contribution in [1.82, 2.24) is 0 Å². The number of carbonyl (C=O) groups excluding carboxylic acids is 1. The molecule has 0 saturated carbocycles. The van der Waals surface area contributed by atoms with Gasteiger partial charge in [-0.3, -0.25) is 0 Å². The molecule has 0 aliphatic heterocycles. The van der Waals surface area contributed by atoms with Crippen molar-refractivity contribution < 1.29 is 24.9 Å². The minimum atomic E-state index is -0.588. The van der Waals surface area contributed by atoms with Crippen molar-refractivity contribution in [3.8, 4) is 17.2 Å². The second-order valence-corrected chi connectivity index (χ2v) is 5.73. The van der Waals surface area contributed by atoms with Crippen LogP contribution in [0.25, 0.3) is 6.08 Å². The Labute approximate surface area is 142 Å². The topological polar surface area (TPSA) is 87.0 Å². The zero-order chi connectivity index (χ0) is 18.1. The quantitative estimate of drug-likeness (QED) is 0.398. The van der Waals surface area contributed by atoms with Crippen molar-refractivity contribution in [2.24, 2.45) is 0 Å². The number of hydrogen-bond donors (Lipinski definition) is 3. The van der Waals surface area contributed by atoms with Gasteiger partial charge < -0.3 is 20.1 Å². The van der Waals surface area contributed by atoms with Crippen LogP contribution in [0, 0.1) is 0 Å². The van der Waals surface area contributed by atoms with E-state index in [0.29, 0.717) is 0 Å². The van der Waals surface area contributed by atoms with Crippen LogP contribution in [0.3, 0.4) is 0 Å². The van der Waals surface area contributed by atoms with Gasteiger partial charge in [-0.15, -0.1) is 0 Å². The van der Waals surface area contributed by atoms with Crippen LogP contribution in [0.15, 0.2) is 41.5 Å². The Balaban J connectivity index is 2.51. The molecule has 0 amide bonds. The Hall–Kier alpha value is -2.69. The minimum Gasteiger partial charge on any atom is -0.508 e. The number of rotatable bonds is 7. The Morgan fingerprint density at radius 3 is 2.29 bits per heavy atom. The Kier molecular flexibility index (Phi) is 7.62. The van der Waals surface area contributed by atoms with E-state index in [9.17, 15) is 20.1 Å². The molecule has 0 fully saturated rings. The number of hydrogen-bond acceptors (Lipinski definition) is 5. The Morgan fingerprint density at radius 2 is 1.71 bits per heavy atom. The highest BCUT2D eigenvalue weighted by Crippen LogP contribution is 2.32. The molecule has 1 aromatic carbocycles. The molecule has 24 heavy (non-hydrogen) atoms. The molecule has 0 spiro atoms. The first-order valence-electron chi connectivity index (χ1n) is 7.68. The number of benzene rings is 1. The van der Waals surface area contributed by atoms with Crippen molar-refractivity contribution in [1.29, 1.82) is 0 Å². The molecule has 0 aliphatic carbocycles. The molecule has 1 rings (SSSR count). The summed E-state index contributed by atoms with van der Waals surface area (Å²) >= 11 is 0. The first-order valence-corrected chi connectivity index (χ1v) is 7.68. The lowest BCUT2D eigenvalue weighted by atomic mass is 10.1. The van der Waals surface area contributed by atoms with Gasteiger partial charge in [-0.25, -0.2) is 4.79 Å². The molecule has 0 heterocycles. The summed E-state index contributed by atoms with van der Waals surface area (Å²) < 4.78 is 5.04.